The molecule has 0 saturated carbocycles. The van der Waals surface area contributed by atoms with E-state index in [9.17, 15) is 14.0 Å². The SMILES string of the molecule is CC(C)(C)OC(=O)N1C[C@@H](O[Si](C)(C)C(C)(C)C)C[C@H]1[C@H](CNC(=O)OCc1ccccc1)c1c[nH]c2cc(F)ccc12. The molecule has 2 aromatic carbocycles. The number of amides is 2. The Labute approximate surface area is 255 Å². The van der Waals surface area contributed by atoms with E-state index in [2.05, 4.69) is 44.2 Å². The Bertz CT molecular complexity index is 1410. The van der Waals surface area contributed by atoms with Crippen LogP contribution >= 0.6 is 0 Å². The average Bonchev–Trinajstić information content (AvgIpc) is 3.50. The van der Waals surface area contributed by atoms with E-state index in [0.29, 0.717) is 18.5 Å². The van der Waals surface area contributed by atoms with Gasteiger partial charge in [0.15, 0.2) is 8.32 Å². The first-order chi connectivity index (χ1) is 20.0. The summed E-state index contributed by atoms with van der Waals surface area (Å²) >= 11 is 0. The number of carbonyl (C=O) groups is 2. The molecule has 3 aromatic rings. The minimum absolute atomic E-state index is 0.00772. The Morgan fingerprint density at radius 1 is 1.09 bits per heavy atom. The summed E-state index contributed by atoms with van der Waals surface area (Å²) in [5.41, 5.74) is 1.70. The summed E-state index contributed by atoms with van der Waals surface area (Å²) in [5, 5.41) is 3.74. The Morgan fingerprint density at radius 2 is 1.79 bits per heavy atom. The van der Waals surface area contributed by atoms with Crippen molar-refractivity contribution in [1.82, 2.24) is 15.2 Å². The minimum Gasteiger partial charge on any atom is -0.445 e. The number of aromatic nitrogens is 1. The molecule has 1 aromatic heterocycles. The van der Waals surface area contributed by atoms with Crippen molar-refractivity contribution < 1.29 is 27.9 Å². The van der Waals surface area contributed by atoms with Crippen molar-refractivity contribution in [3.8, 4) is 0 Å². The standard InChI is InChI=1S/C33H46FN3O5Si/c1-32(2,3)41-31(39)37-20-24(42-43(7,8)33(4,5)6)17-29(37)27(26-18-35-28-16-23(34)14-15-25(26)28)19-36-30(38)40-21-22-12-10-9-11-13-22/h9-16,18,24,27,29,35H,17,19-21H2,1-8H3,(H,36,38)/t24-,27+,29-/m0/s1. The van der Waals surface area contributed by atoms with Gasteiger partial charge < -0.3 is 29.1 Å². The molecule has 0 bridgehead atoms. The number of halogens is 1. The van der Waals surface area contributed by atoms with Gasteiger partial charge in [-0.15, -0.1) is 0 Å². The fourth-order valence-corrected chi connectivity index (χ4v) is 6.62. The second-order valence-electron chi connectivity index (χ2n) is 13.9. The van der Waals surface area contributed by atoms with Gasteiger partial charge in [0.05, 0.1) is 6.10 Å². The van der Waals surface area contributed by atoms with E-state index in [1.165, 1.54) is 12.1 Å². The highest BCUT2D eigenvalue weighted by Gasteiger charge is 2.47. The van der Waals surface area contributed by atoms with E-state index in [4.69, 9.17) is 13.9 Å². The largest absolute Gasteiger partial charge is 0.445 e. The normalized spacial score (nSPS) is 18.5. The number of alkyl carbamates (subject to hydrolysis) is 1. The van der Waals surface area contributed by atoms with Crippen molar-refractivity contribution in [2.75, 3.05) is 13.1 Å². The molecule has 10 heteroatoms. The molecule has 3 atom stereocenters. The van der Waals surface area contributed by atoms with Crippen LogP contribution in [0.15, 0.2) is 54.7 Å². The number of H-pyrrole nitrogens is 1. The summed E-state index contributed by atoms with van der Waals surface area (Å²) in [6.07, 6.45) is 1.21. The molecule has 4 rings (SSSR count). The Hall–Kier alpha value is -3.37. The monoisotopic (exact) mass is 611 g/mol. The Morgan fingerprint density at radius 3 is 2.44 bits per heavy atom. The molecule has 0 spiro atoms. The highest BCUT2D eigenvalue weighted by molar-refractivity contribution is 6.74. The molecule has 2 amide bonds. The molecular formula is C33H46FN3O5Si. The fourth-order valence-electron chi connectivity index (χ4n) is 5.27. The van der Waals surface area contributed by atoms with Gasteiger partial charge in [0.1, 0.15) is 18.0 Å². The topological polar surface area (TPSA) is 92.9 Å². The van der Waals surface area contributed by atoms with Gasteiger partial charge in [-0.2, -0.15) is 0 Å². The van der Waals surface area contributed by atoms with E-state index in [-0.39, 0.29) is 42.1 Å². The van der Waals surface area contributed by atoms with Crippen molar-refractivity contribution in [3.05, 3.63) is 71.7 Å². The first-order valence-corrected chi connectivity index (χ1v) is 17.8. The lowest BCUT2D eigenvalue weighted by atomic mass is 9.89. The number of hydrogen-bond donors (Lipinski definition) is 2. The van der Waals surface area contributed by atoms with Crippen LogP contribution in [0.2, 0.25) is 18.1 Å². The maximum Gasteiger partial charge on any atom is 0.410 e. The van der Waals surface area contributed by atoms with Gasteiger partial charge in [0.2, 0.25) is 0 Å². The first-order valence-electron chi connectivity index (χ1n) is 14.9. The molecule has 2 N–H and O–H groups in total. The molecule has 0 unspecified atom stereocenters. The number of nitrogens with one attached hydrogen (secondary N) is 2. The fraction of sp³-hybridized carbons (Fsp3) is 0.515. The zero-order valence-corrected chi connectivity index (χ0v) is 27.6. The number of carbonyl (C=O) groups excluding carboxylic acids is 2. The third-order valence-electron chi connectivity index (χ3n) is 8.42. The number of aromatic amines is 1. The van der Waals surface area contributed by atoms with Crippen molar-refractivity contribution in [3.63, 3.8) is 0 Å². The van der Waals surface area contributed by atoms with Crippen LogP contribution in [-0.2, 0) is 20.5 Å². The summed E-state index contributed by atoms with van der Waals surface area (Å²) in [6.45, 7) is 17.2. The van der Waals surface area contributed by atoms with Crippen LogP contribution < -0.4 is 5.32 Å². The number of benzene rings is 2. The number of likely N-dealkylation sites (tertiary alicyclic amines) is 1. The highest BCUT2D eigenvalue weighted by Crippen LogP contribution is 2.41. The summed E-state index contributed by atoms with van der Waals surface area (Å²) in [4.78, 5) is 31.4. The quantitative estimate of drug-likeness (QED) is 0.255. The number of fused-ring (bicyclic) bond motifs is 1. The van der Waals surface area contributed by atoms with Gasteiger partial charge in [-0.1, -0.05) is 51.1 Å². The van der Waals surface area contributed by atoms with Crippen LogP contribution in [0.3, 0.4) is 0 Å². The predicted molar refractivity (Wildman–Crippen MR) is 169 cm³/mol. The van der Waals surface area contributed by atoms with Gasteiger partial charge >= 0.3 is 12.2 Å². The maximum atomic E-state index is 14.1. The molecule has 1 fully saturated rings. The van der Waals surface area contributed by atoms with Crippen molar-refractivity contribution in [1.29, 1.82) is 0 Å². The maximum absolute atomic E-state index is 14.1. The summed E-state index contributed by atoms with van der Waals surface area (Å²) in [6, 6.07) is 13.7. The van der Waals surface area contributed by atoms with Crippen molar-refractivity contribution in [2.45, 2.75) is 96.4 Å². The molecule has 234 valence electrons. The zero-order chi connectivity index (χ0) is 31.6. The molecule has 0 aliphatic carbocycles. The predicted octanol–water partition coefficient (Wildman–Crippen LogP) is 7.72. The number of rotatable bonds is 8. The van der Waals surface area contributed by atoms with Crippen LogP contribution in [0.1, 0.15) is 65.0 Å². The molecule has 43 heavy (non-hydrogen) atoms. The smallest absolute Gasteiger partial charge is 0.410 e. The lowest BCUT2D eigenvalue weighted by Crippen LogP contribution is -2.46. The Kier molecular flexibility index (Phi) is 9.61. The van der Waals surface area contributed by atoms with E-state index >= 15 is 0 Å². The Balaban J connectivity index is 1.65. The van der Waals surface area contributed by atoms with Gasteiger partial charge in [-0.3, -0.25) is 0 Å². The van der Waals surface area contributed by atoms with Gasteiger partial charge in [-0.05, 0) is 74.7 Å². The van der Waals surface area contributed by atoms with Crippen molar-refractivity contribution >= 4 is 31.4 Å². The van der Waals surface area contributed by atoms with Crippen molar-refractivity contribution in [2.24, 2.45) is 0 Å². The molecular weight excluding hydrogens is 565 g/mol. The third-order valence-corrected chi connectivity index (χ3v) is 13.0. The van der Waals surface area contributed by atoms with Crippen LogP contribution in [0, 0.1) is 5.82 Å². The number of nitrogens with zero attached hydrogens (tertiary/aromatic N) is 1. The molecule has 1 saturated heterocycles. The molecule has 0 radical (unpaired) electrons. The molecule has 1 aliphatic rings. The summed E-state index contributed by atoms with van der Waals surface area (Å²) < 4.78 is 32.2. The van der Waals surface area contributed by atoms with E-state index < -0.39 is 26.1 Å². The van der Waals surface area contributed by atoms with E-state index in [1.807, 2.05) is 57.3 Å². The lowest BCUT2D eigenvalue weighted by Gasteiger charge is -2.38. The number of ether oxygens (including phenoxy) is 2. The van der Waals surface area contributed by atoms with E-state index in [1.54, 1.807) is 11.0 Å². The highest BCUT2D eigenvalue weighted by atomic mass is 28.4. The van der Waals surface area contributed by atoms with Crippen LogP contribution in [0.4, 0.5) is 14.0 Å². The first kappa shape index (κ1) is 32.5. The van der Waals surface area contributed by atoms with Crippen LogP contribution in [0.5, 0.6) is 0 Å². The third kappa shape index (κ3) is 8.17. The number of hydrogen-bond acceptors (Lipinski definition) is 5. The average molecular weight is 612 g/mol. The zero-order valence-electron chi connectivity index (χ0n) is 26.6. The van der Waals surface area contributed by atoms with E-state index in [0.717, 1.165) is 16.5 Å². The molecule has 2 heterocycles. The summed E-state index contributed by atoms with van der Waals surface area (Å²) in [5.74, 6) is -0.705. The molecule has 8 nitrogen and oxygen atoms in total. The van der Waals surface area contributed by atoms with Gasteiger partial charge in [0.25, 0.3) is 0 Å². The van der Waals surface area contributed by atoms with Gasteiger partial charge in [0, 0.05) is 42.1 Å². The summed E-state index contributed by atoms with van der Waals surface area (Å²) in [7, 11) is -2.16. The minimum atomic E-state index is -2.16. The van der Waals surface area contributed by atoms with Crippen LogP contribution in [-0.4, -0.2) is 61.2 Å². The second-order valence-corrected chi connectivity index (χ2v) is 18.7. The molecule has 1 aliphatic heterocycles. The van der Waals surface area contributed by atoms with Gasteiger partial charge in [-0.25, -0.2) is 14.0 Å². The van der Waals surface area contributed by atoms with Crippen LogP contribution in [0.25, 0.3) is 10.9 Å². The second kappa shape index (κ2) is 12.7. The lowest BCUT2D eigenvalue weighted by molar-refractivity contribution is 0.0191.